The molecule has 114 valence electrons. The molecule has 2 N–H and O–H groups in total. The first-order valence-corrected chi connectivity index (χ1v) is 8.10. The fraction of sp³-hybridized carbons (Fsp3) is 0.588. The number of benzene rings is 1. The third kappa shape index (κ3) is 3.63. The topological polar surface area (TPSA) is 44.4 Å². The average Bonchev–Trinajstić information content (AvgIpc) is 3.35. The van der Waals surface area contributed by atoms with Gasteiger partial charge in [0.2, 0.25) is 5.91 Å². The van der Waals surface area contributed by atoms with Gasteiger partial charge < -0.3 is 10.6 Å². The molecule has 1 fully saturated rings. The SMILES string of the molecule is CCN(CCNC(=O)[C@H]1Cc2ccccc2CN1)C1CC1. The minimum atomic E-state index is -0.0871. The smallest absolute Gasteiger partial charge is 0.237 e. The third-order valence-electron chi connectivity index (χ3n) is 4.57. The summed E-state index contributed by atoms with van der Waals surface area (Å²) >= 11 is 0. The molecule has 1 aliphatic heterocycles. The van der Waals surface area contributed by atoms with Crippen molar-refractivity contribution < 1.29 is 4.79 Å². The van der Waals surface area contributed by atoms with E-state index in [0.717, 1.165) is 38.6 Å². The molecule has 1 aliphatic carbocycles. The Bertz CT molecular complexity index is 499. The Hall–Kier alpha value is -1.39. The first-order valence-electron chi connectivity index (χ1n) is 8.10. The second kappa shape index (κ2) is 6.58. The Morgan fingerprint density at radius 3 is 2.81 bits per heavy atom. The quantitative estimate of drug-likeness (QED) is 0.829. The molecule has 1 aromatic carbocycles. The molecule has 1 aromatic rings. The van der Waals surface area contributed by atoms with Crippen LogP contribution in [0.5, 0.6) is 0 Å². The van der Waals surface area contributed by atoms with Gasteiger partial charge >= 0.3 is 0 Å². The summed E-state index contributed by atoms with van der Waals surface area (Å²) in [6.45, 7) is 5.78. The van der Waals surface area contributed by atoms with Crippen LogP contribution in [0.1, 0.15) is 30.9 Å². The highest BCUT2D eigenvalue weighted by Gasteiger charge is 2.28. The minimum absolute atomic E-state index is 0.0871. The van der Waals surface area contributed by atoms with E-state index in [9.17, 15) is 4.79 Å². The van der Waals surface area contributed by atoms with Crippen molar-refractivity contribution in [1.82, 2.24) is 15.5 Å². The molecule has 21 heavy (non-hydrogen) atoms. The number of nitrogens with zero attached hydrogens (tertiary/aromatic N) is 1. The maximum atomic E-state index is 12.3. The Labute approximate surface area is 126 Å². The number of carbonyl (C=O) groups is 1. The van der Waals surface area contributed by atoms with Crippen LogP contribution >= 0.6 is 0 Å². The van der Waals surface area contributed by atoms with Crippen LogP contribution in [0.4, 0.5) is 0 Å². The molecule has 3 rings (SSSR count). The first kappa shape index (κ1) is 14.5. The maximum absolute atomic E-state index is 12.3. The molecule has 0 radical (unpaired) electrons. The van der Waals surface area contributed by atoms with Crippen molar-refractivity contribution in [2.24, 2.45) is 0 Å². The van der Waals surface area contributed by atoms with Gasteiger partial charge in [0.1, 0.15) is 0 Å². The number of hydrogen-bond donors (Lipinski definition) is 2. The molecule has 0 bridgehead atoms. The van der Waals surface area contributed by atoms with E-state index in [1.165, 1.54) is 24.0 Å². The third-order valence-corrected chi connectivity index (χ3v) is 4.57. The highest BCUT2D eigenvalue weighted by molar-refractivity contribution is 5.82. The molecule has 0 spiro atoms. The predicted molar refractivity (Wildman–Crippen MR) is 84.1 cm³/mol. The number of likely N-dealkylation sites (N-methyl/N-ethyl adjacent to an activating group) is 1. The number of fused-ring (bicyclic) bond motifs is 1. The summed E-state index contributed by atoms with van der Waals surface area (Å²) in [6.07, 6.45) is 3.44. The molecular formula is C17H25N3O. The minimum Gasteiger partial charge on any atom is -0.353 e. The van der Waals surface area contributed by atoms with Gasteiger partial charge in [-0.3, -0.25) is 9.69 Å². The normalized spacial score (nSPS) is 21.1. The Morgan fingerprint density at radius 2 is 2.10 bits per heavy atom. The second-order valence-electron chi connectivity index (χ2n) is 6.06. The molecule has 1 saturated carbocycles. The van der Waals surface area contributed by atoms with Gasteiger partial charge in [0, 0.05) is 25.7 Å². The zero-order valence-electron chi connectivity index (χ0n) is 12.8. The van der Waals surface area contributed by atoms with Gasteiger partial charge in [-0.2, -0.15) is 0 Å². The monoisotopic (exact) mass is 287 g/mol. The molecule has 0 saturated heterocycles. The number of rotatable bonds is 6. The fourth-order valence-corrected chi connectivity index (χ4v) is 3.12. The van der Waals surface area contributed by atoms with E-state index in [4.69, 9.17) is 0 Å². The van der Waals surface area contributed by atoms with Crippen LogP contribution in [-0.2, 0) is 17.8 Å². The Balaban J connectivity index is 1.46. The van der Waals surface area contributed by atoms with Crippen LogP contribution in [-0.4, -0.2) is 42.5 Å². The van der Waals surface area contributed by atoms with Crippen LogP contribution in [0.15, 0.2) is 24.3 Å². The maximum Gasteiger partial charge on any atom is 0.237 e. The van der Waals surface area contributed by atoms with E-state index < -0.39 is 0 Å². The Morgan fingerprint density at radius 1 is 1.33 bits per heavy atom. The lowest BCUT2D eigenvalue weighted by atomic mass is 9.95. The summed E-state index contributed by atoms with van der Waals surface area (Å²) in [4.78, 5) is 14.7. The van der Waals surface area contributed by atoms with Crippen LogP contribution in [0.3, 0.4) is 0 Å². The van der Waals surface area contributed by atoms with Crippen LogP contribution < -0.4 is 10.6 Å². The number of nitrogens with one attached hydrogen (secondary N) is 2. The van der Waals surface area contributed by atoms with E-state index in [-0.39, 0.29) is 11.9 Å². The van der Waals surface area contributed by atoms with Crippen LogP contribution in [0.25, 0.3) is 0 Å². The summed E-state index contributed by atoms with van der Waals surface area (Å²) in [5, 5.41) is 6.42. The zero-order chi connectivity index (χ0) is 14.7. The molecule has 4 heteroatoms. The largest absolute Gasteiger partial charge is 0.353 e. The van der Waals surface area contributed by atoms with E-state index >= 15 is 0 Å². The van der Waals surface area contributed by atoms with Crippen molar-refractivity contribution in [2.45, 2.75) is 44.8 Å². The van der Waals surface area contributed by atoms with E-state index in [0.29, 0.717) is 0 Å². The van der Waals surface area contributed by atoms with Gasteiger partial charge in [-0.25, -0.2) is 0 Å². The van der Waals surface area contributed by atoms with Crippen molar-refractivity contribution >= 4 is 5.91 Å². The zero-order valence-corrected chi connectivity index (χ0v) is 12.8. The van der Waals surface area contributed by atoms with Crippen molar-refractivity contribution in [2.75, 3.05) is 19.6 Å². The second-order valence-corrected chi connectivity index (χ2v) is 6.06. The first-order chi connectivity index (χ1) is 10.3. The molecule has 1 atom stereocenters. The highest BCUT2D eigenvalue weighted by Crippen LogP contribution is 2.25. The molecule has 0 aromatic heterocycles. The molecule has 2 aliphatic rings. The summed E-state index contributed by atoms with van der Waals surface area (Å²) in [5.41, 5.74) is 2.61. The Kier molecular flexibility index (Phi) is 4.56. The van der Waals surface area contributed by atoms with Crippen molar-refractivity contribution in [3.05, 3.63) is 35.4 Å². The van der Waals surface area contributed by atoms with E-state index in [1.807, 2.05) is 6.07 Å². The van der Waals surface area contributed by atoms with Crippen molar-refractivity contribution in [3.8, 4) is 0 Å². The van der Waals surface area contributed by atoms with Gasteiger partial charge in [-0.1, -0.05) is 31.2 Å². The van der Waals surface area contributed by atoms with E-state index in [1.54, 1.807) is 0 Å². The highest BCUT2D eigenvalue weighted by atomic mass is 16.2. The lowest BCUT2D eigenvalue weighted by Gasteiger charge is -2.26. The number of amides is 1. The van der Waals surface area contributed by atoms with Gasteiger partial charge in [-0.05, 0) is 36.9 Å². The molecular weight excluding hydrogens is 262 g/mol. The standard InChI is InChI=1S/C17H25N3O/c1-2-20(15-7-8-15)10-9-18-17(21)16-11-13-5-3-4-6-14(13)12-19-16/h3-6,15-16,19H,2,7-12H2,1H3,(H,18,21)/t16-/m1/s1. The van der Waals surface area contributed by atoms with E-state index in [2.05, 4.69) is 40.7 Å². The summed E-state index contributed by atoms with van der Waals surface area (Å²) in [6, 6.07) is 9.04. The molecule has 0 unspecified atom stereocenters. The van der Waals surface area contributed by atoms with Crippen molar-refractivity contribution in [1.29, 1.82) is 0 Å². The predicted octanol–water partition coefficient (Wildman–Crippen LogP) is 1.30. The lowest BCUT2D eigenvalue weighted by Crippen LogP contribution is -2.49. The molecule has 1 amide bonds. The summed E-state index contributed by atoms with van der Waals surface area (Å²) < 4.78 is 0. The molecule has 1 heterocycles. The van der Waals surface area contributed by atoms with Crippen LogP contribution in [0, 0.1) is 0 Å². The van der Waals surface area contributed by atoms with Gasteiger partial charge in [0.25, 0.3) is 0 Å². The number of hydrogen-bond acceptors (Lipinski definition) is 3. The van der Waals surface area contributed by atoms with Crippen LogP contribution in [0.2, 0.25) is 0 Å². The van der Waals surface area contributed by atoms with Gasteiger partial charge in [0.05, 0.1) is 6.04 Å². The fourth-order valence-electron chi connectivity index (χ4n) is 3.12. The summed E-state index contributed by atoms with van der Waals surface area (Å²) in [5.74, 6) is 0.136. The average molecular weight is 287 g/mol. The number of carbonyl (C=O) groups excluding carboxylic acids is 1. The van der Waals surface area contributed by atoms with Gasteiger partial charge in [-0.15, -0.1) is 0 Å². The van der Waals surface area contributed by atoms with Crippen molar-refractivity contribution in [3.63, 3.8) is 0 Å². The molecule has 4 nitrogen and oxygen atoms in total. The lowest BCUT2D eigenvalue weighted by molar-refractivity contribution is -0.123. The summed E-state index contributed by atoms with van der Waals surface area (Å²) in [7, 11) is 0. The van der Waals surface area contributed by atoms with Gasteiger partial charge in [0.15, 0.2) is 0 Å².